The third-order valence-corrected chi connectivity index (χ3v) is 2.59. The van der Waals surface area contributed by atoms with Crippen molar-refractivity contribution in [3.63, 3.8) is 0 Å². The van der Waals surface area contributed by atoms with Gasteiger partial charge in [-0.2, -0.15) is 0 Å². The maximum Gasteiger partial charge on any atom is 0.170 e. The third-order valence-electron chi connectivity index (χ3n) is 2.30. The Morgan fingerprint density at radius 2 is 2.13 bits per heavy atom. The van der Waals surface area contributed by atoms with Gasteiger partial charge in [-0.25, -0.2) is 4.39 Å². The summed E-state index contributed by atoms with van der Waals surface area (Å²) < 4.78 is 18.7. The molecule has 0 radical (unpaired) electrons. The van der Waals surface area contributed by atoms with Crippen LogP contribution in [0, 0.1) is 5.82 Å². The van der Waals surface area contributed by atoms with Crippen LogP contribution in [0.25, 0.3) is 0 Å². The van der Waals surface area contributed by atoms with E-state index in [-0.39, 0.29) is 23.0 Å². The van der Waals surface area contributed by atoms with Gasteiger partial charge < -0.3 is 4.74 Å². The lowest BCUT2D eigenvalue weighted by atomic mass is 9.93. The van der Waals surface area contributed by atoms with Crippen molar-refractivity contribution < 1.29 is 13.9 Å². The minimum atomic E-state index is -0.579. The summed E-state index contributed by atoms with van der Waals surface area (Å²) in [5, 5.41) is -0.0505. The van der Waals surface area contributed by atoms with Crippen molar-refractivity contribution in [3.05, 3.63) is 28.5 Å². The number of rotatable bonds is 0. The number of halogens is 2. The number of ketones is 1. The zero-order valence-electron chi connectivity index (χ0n) is 8.43. The van der Waals surface area contributed by atoms with Crippen molar-refractivity contribution in [2.45, 2.75) is 25.9 Å². The Kier molecular flexibility index (Phi) is 2.23. The average molecular weight is 229 g/mol. The Balaban J connectivity index is 2.56. The standard InChI is InChI=1S/C11H10ClFO2/c1-11(2)5-9(14)6-3-7(12)8(13)4-10(6)15-11/h3-4H,5H2,1-2H3. The second kappa shape index (κ2) is 3.20. The molecule has 0 atom stereocenters. The van der Waals surface area contributed by atoms with Gasteiger partial charge in [0, 0.05) is 6.07 Å². The van der Waals surface area contributed by atoms with Crippen LogP contribution in [0.4, 0.5) is 4.39 Å². The van der Waals surface area contributed by atoms with E-state index in [2.05, 4.69) is 0 Å². The fraction of sp³-hybridized carbons (Fsp3) is 0.364. The summed E-state index contributed by atoms with van der Waals surface area (Å²) >= 11 is 5.60. The molecule has 1 aliphatic heterocycles. The van der Waals surface area contributed by atoms with Gasteiger partial charge in [0.15, 0.2) is 5.78 Å². The summed E-state index contributed by atoms with van der Waals surface area (Å²) in [7, 11) is 0. The van der Waals surface area contributed by atoms with Gasteiger partial charge in [-0.1, -0.05) is 11.6 Å². The first-order valence-corrected chi connectivity index (χ1v) is 4.98. The number of Topliss-reactive ketones (excluding diaryl/α,β-unsaturated/α-hetero) is 1. The lowest BCUT2D eigenvalue weighted by molar-refractivity contribution is 0.0618. The van der Waals surface area contributed by atoms with E-state index in [0.717, 1.165) is 6.07 Å². The number of ether oxygens (including phenoxy) is 1. The normalized spacial score (nSPS) is 18.3. The Hall–Kier alpha value is -1.09. The largest absolute Gasteiger partial charge is 0.487 e. The first-order valence-electron chi connectivity index (χ1n) is 4.60. The van der Waals surface area contributed by atoms with Gasteiger partial charge in [0.05, 0.1) is 17.0 Å². The molecule has 0 aliphatic carbocycles. The number of benzene rings is 1. The molecule has 1 aliphatic rings. The van der Waals surface area contributed by atoms with E-state index in [9.17, 15) is 9.18 Å². The molecule has 0 spiro atoms. The van der Waals surface area contributed by atoms with E-state index in [1.807, 2.05) is 0 Å². The molecule has 2 rings (SSSR count). The van der Waals surface area contributed by atoms with E-state index >= 15 is 0 Å². The molecule has 0 fully saturated rings. The number of fused-ring (bicyclic) bond motifs is 1. The predicted molar refractivity (Wildman–Crippen MR) is 55.1 cm³/mol. The van der Waals surface area contributed by atoms with Crippen LogP contribution in [0.15, 0.2) is 12.1 Å². The molecule has 1 aromatic rings. The smallest absolute Gasteiger partial charge is 0.170 e. The molecule has 0 unspecified atom stereocenters. The molecule has 0 saturated carbocycles. The molecular formula is C11H10ClFO2. The quantitative estimate of drug-likeness (QED) is 0.682. The summed E-state index contributed by atoms with van der Waals surface area (Å²) in [5.41, 5.74) is -0.217. The highest BCUT2D eigenvalue weighted by atomic mass is 35.5. The minimum absolute atomic E-state index is 0.0505. The number of carbonyl (C=O) groups excluding carboxylic acids is 1. The number of hydrogen-bond acceptors (Lipinski definition) is 2. The molecule has 0 bridgehead atoms. The second-order valence-corrected chi connectivity index (χ2v) is 4.63. The van der Waals surface area contributed by atoms with Crippen molar-refractivity contribution in [1.29, 1.82) is 0 Å². The van der Waals surface area contributed by atoms with Crippen molar-refractivity contribution >= 4 is 17.4 Å². The van der Waals surface area contributed by atoms with Crippen molar-refractivity contribution in [1.82, 2.24) is 0 Å². The molecule has 15 heavy (non-hydrogen) atoms. The molecular weight excluding hydrogens is 219 g/mol. The maximum atomic E-state index is 13.2. The van der Waals surface area contributed by atoms with E-state index < -0.39 is 11.4 Å². The molecule has 4 heteroatoms. The molecule has 1 heterocycles. The van der Waals surface area contributed by atoms with Gasteiger partial charge in [-0.3, -0.25) is 4.79 Å². The SMILES string of the molecule is CC1(C)CC(=O)c2cc(Cl)c(F)cc2O1. The van der Waals surface area contributed by atoms with Crippen LogP contribution in [0.3, 0.4) is 0 Å². The highest BCUT2D eigenvalue weighted by Gasteiger charge is 2.33. The fourth-order valence-corrected chi connectivity index (χ4v) is 1.81. The van der Waals surface area contributed by atoms with E-state index in [0.29, 0.717) is 5.56 Å². The monoisotopic (exact) mass is 228 g/mol. The molecule has 1 aromatic carbocycles. The van der Waals surface area contributed by atoms with Crippen LogP contribution in [-0.4, -0.2) is 11.4 Å². The van der Waals surface area contributed by atoms with Crippen LogP contribution in [0.2, 0.25) is 5.02 Å². The van der Waals surface area contributed by atoms with Gasteiger partial charge >= 0.3 is 0 Å². The van der Waals surface area contributed by atoms with Gasteiger partial charge in [0.25, 0.3) is 0 Å². The molecule has 0 aromatic heterocycles. The second-order valence-electron chi connectivity index (χ2n) is 4.22. The highest BCUT2D eigenvalue weighted by molar-refractivity contribution is 6.31. The highest BCUT2D eigenvalue weighted by Crippen LogP contribution is 2.35. The molecule has 0 N–H and O–H groups in total. The zero-order valence-corrected chi connectivity index (χ0v) is 9.19. The number of carbonyl (C=O) groups is 1. The Morgan fingerprint density at radius 3 is 2.80 bits per heavy atom. The van der Waals surface area contributed by atoms with Crippen LogP contribution in [-0.2, 0) is 0 Å². The lowest BCUT2D eigenvalue weighted by Crippen LogP contribution is -2.35. The predicted octanol–water partition coefficient (Wildman–Crippen LogP) is 3.22. The van der Waals surface area contributed by atoms with E-state index in [4.69, 9.17) is 16.3 Å². The third kappa shape index (κ3) is 1.84. The van der Waals surface area contributed by atoms with Gasteiger partial charge in [0.1, 0.15) is 17.2 Å². The average Bonchev–Trinajstić information content (AvgIpc) is 2.07. The summed E-state index contributed by atoms with van der Waals surface area (Å²) in [4.78, 5) is 11.7. The topological polar surface area (TPSA) is 26.3 Å². The number of hydrogen-bond donors (Lipinski definition) is 0. The Labute approximate surface area is 92.0 Å². The maximum absolute atomic E-state index is 13.2. The van der Waals surface area contributed by atoms with Gasteiger partial charge in [0.2, 0.25) is 0 Å². The summed E-state index contributed by atoms with van der Waals surface area (Å²) in [6, 6.07) is 2.49. The summed E-state index contributed by atoms with van der Waals surface area (Å²) in [6.07, 6.45) is 0.280. The first-order chi connectivity index (χ1) is 6.89. The van der Waals surface area contributed by atoms with Gasteiger partial charge in [-0.15, -0.1) is 0 Å². The molecule has 0 saturated heterocycles. The summed E-state index contributed by atoms with van der Waals surface area (Å²) in [5.74, 6) is -0.359. The van der Waals surface area contributed by atoms with Crippen LogP contribution >= 0.6 is 11.6 Å². The van der Waals surface area contributed by atoms with Crippen molar-refractivity contribution in [2.24, 2.45) is 0 Å². The van der Waals surface area contributed by atoms with Crippen LogP contribution in [0.1, 0.15) is 30.6 Å². The molecule has 80 valence electrons. The zero-order chi connectivity index (χ0) is 11.2. The van der Waals surface area contributed by atoms with Crippen molar-refractivity contribution in [3.8, 4) is 5.75 Å². The fourth-order valence-electron chi connectivity index (χ4n) is 1.65. The first kappa shape index (κ1) is 10.4. The van der Waals surface area contributed by atoms with E-state index in [1.165, 1.54) is 6.07 Å². The van der Waals surface area contributed by atoms with Crippen molar-refractivity contribution in [2.75, 3.05) is 0 Å². The molecule has 2 nitrogen and oxygen atoms in total. The Morgan fingerprint density at radius 1 is 1.47 bits per heavy atom. The summed E-state index contributed by atoms with van der Waals surface area (Å²) in [6.45, 7) is 3.58. The molecule has 0 amide bonds. The minimum Gasteiger partial charge on any atom is -0.487 e. The lowest BCUT2D eigenvalue weighted by Gasteiger charge is -2.31. The Bertz CT molecular complexity index is 440. The van der Waals surface area contributed by atoms with E-state index in [1.54, 1.807) is 13.8 Å². The van der Waals surface area contributed by atoms with Crippen LogP contribution < -0.4 is 4.74 Å². The van der Waals surface area contributed by atoms with Crippen LogP contribution in [0.5, 0.6) is 5.75 Å². The van der Waals surface area contributed by atoms with Gasteiger partial charge in [-0.05, 0) is 19.9 Å².